The molecule has 2 aliphatic heterocycles. The zero-order chi connectivity index (χ0) is 29.7. The molecule has 2 aromatic heterocycles. The Morgan fingerprint density at radius 2 is 1.95 bits per heavy atom. The minimum absolute atomic E-state index is 0.0797. The molecule has 0 spiro atoms. The molecule has 3 aliphatic rings. The van der Waals surface area contributed by atoms with E-state index in [4.69, 9.17) is 15.7 Å². The molecule has 4 N–H and O–H groups in total. The van der Waals surface area contributed by atoms with Crippen LogP contribution in [-0.4, -0.2) is 70.3 Å². The van der Waals surface area contributed by atoms with Gasteiger partial charge in [-0.15, -0.1) is 0 Å². The Morgan fingerprint density at radius 1 is 1.17 bits per heavy atom. The lowest BCUT2D eigenvalue weighted by molar-refractivity contribution is 0.291. The third-order valence-electron chi connectivity index (χ3n) is 7.87. The van der Waals surface area contributed by atoms with Crippen molar-refractivity contribution < 1.29 is 0 Å². The van der Waals surface area contributed by atoms with E-state index >= 15 is 0 Å². The molecule has 1 atom stereocenters. The van der Waals surface area contributed by atoms with Crippen LogP contribution >= 0.6 is 0 Å². The number of fused-ring (bicyclic) bond motifs is 1. The fraction of sp³-hybridized carbons (Fsp3) is 0.455. The van der Waals surface area contributed by atoms with Crippen molar-refractivity contribution in [2.75, 3.05) is 33.2 Å². The number of likely N-dealkylation sites (N-methyl/N-ethyl adjacent to an activating group) is 1. The molecule has 9 nitrogen and oxygen atoms in total. The maximum atomic E-state index is 6.38. The maximum Gasteiger partial charge on any atom is 0.159 e. The topological polar surface area (TPSA) is 108 Å². The van der Waals surface area contributed by atoms with Crippen molar-refractivity contribution >= 4 is 22.7 Å². The van der Waals surface area contributed by atoms with Crippen molar-refractivity contribution in [1.29, 1.82) is 0 Å². The van der Waals surface area contributed by atoms with Crippen molar-refractivity contribution in [2.24, 2.45) is 10.8 Å². The molecule has 0 amide bonds. The second-order valence-corrected chi connectivity index (χ2v) is 11.1. The molecule has 4 heterocycles. The fourth-order valence-corrected chi connectivity index (χ4v) is 5.51. The van der Waals surface area contributed by atoms with E-state index in [1.165, 1.54) is 50.8 Å². The first kappa shape index (κ1) is 31.1. The van der Waals surface area contributed by atoms with Crippen molar-refractivity contribution in [3.8, 4) is 0 Å². The van der Waals surface area contributed by atoms with Gasteiger partial charge in [0.15, 0.2) is 5.82 Å². The van der Waals surface area contributed by atoms with Crippen LogP contribution in [0.25, 0.3) is 16.5 Å². The lowest BCUT2D eigenvalue weighted by atomic mass is 9.83. The molecule has 0 bridgehead atoms. The van der Waals surface area contributed by atoms with Crippen LogP contribution in [0.15, 0.2) is 78.4 Å². The van der Waals surface area contributed by atoms with Crippen LogP contribution in [0, 0.1) is 0 Å². The number of pyridine rings is 1. The highest BCUT2D eigenvalue weighted by molar-refractivity contribution is 5.83. The second-order valence-electron chi connectivity index (χ2n) is 11.1. The van der Waals surface area contributed by atoms with Gasteiger partial charge in [-0.25, -0.2) is 9.97 Å². The second kappa shape index (κ2) is 16.0. The minimum Gasteiger partial charge on any atom is -0.385 e. The number of rotatable bonds is 7. The number of hydrogen-bond donors (Lipinski definition) is 3. The van der Waals surface area contributed by atoms with Gasteiger partial charge in [0.05, 0.1) is 17.8 Å². The van der Waals surface area contributed by atoms with E-state index in [-0.39, 0.29) is 6.04 Å². The van der Waals surface area contributed by atoms with Crippen LogP contribution in [0.5, 0.6) is 0 Å². The first-order valence-electron chi connectivity index (χ1n) is 15.2. The number of aromatic nitrogens is 3. The van der Waals surface area contributed by atoms with E-state index in [2.05, 4.69) is 58.3 Å². The van der Waals surface area contributed by atoms with Crippen molar-refractivity contribution in [3.63, 3.8) is 0 Å². The lowest BCUT2D eigenvalue weighted by Crippen LogP contribution is -2.40. The van der Waals surface area contributed by atoms with Gasteiger partial charge in [-0.1, -0.05) is 38.0 Å². The number of allylic oxidation sites excluding steroid dienone is 5. The standard InChI is InChI=1S/C28H35N7.C5H12N2/c1-4-13-32-35-14-9-12-23(15-20(35)3)33-27(29)16-21(5-2)28-31-18-25-24(17-30-19-26(25)34-28)22-10-7-6-8-11-22;1-7-4-2-6-3-5-7/h4-5,9,13-20,22,33H,1,6-8,10-12,29H2,2-3H3;6H,2-5H2,1H3/b21-5+,27-16+,32-13-;. The van der Waals surface area contributed by atoms with Crippen LogP contribution < -0.4 is 16.4 Å². The predicted molar refractivity (Wildman–Crippen MR) is 174 cm³/mol. The lowest BCUT2D eigenvalue weighted by Gasteiger charge is -2.22. The summed E-state index contributed by atoms with van der Waals surface area (Å²) in [6, 6.07) is 0.0797. The van der Waals surface area contributed by atoms with Crippen LogP contribution in [0.2, 0.25) is 0 Å². The van der Waals surface area contributed by atoms with E-state index in [9.17, 15) is 0 Å². The SMILES string of the molecule is C=C/C=N\N1C=CCC(N/C(N)=C/C(=C\C)c2ncc3c(C4CCCCC4)cncc3n2)=CC1C.CN1CCNCC1. The Balaban J connectivity index is 0.000000507. The maximum absolute atomic E-state index is 6.38. The summed E-state index contributed by atoms with van der Waals surface area (Å²) in [5.74, 6) is 1.73. The van der Waals surface area contributed by atoms with Crippen LogP contribution in [-0.2, 0) is 0 Å². The van der Waals surface area contributed by atoms with Crippen molar-refractivity contribution in [3.05, 3.63) is 84.7 Å². The average molecular weight is 570 g/mol. The van der Waals surface area contributed by atoms with Gasteiger partial charge in [0.1, 0.15) is 5.82 Å². The van der Waals surface area contributed by atoms with Gasteiger partial charge < -0.3 is 21.3 Å². The van der Waals surface area contributed by atoms with Gasteiger partial charge in [0, 0.05) is 74.1 Å². The normalized spacial score (nSPS) is 21.1. The Hall–Kier alpha value is -3.82. The summed E-state index contributed by atoms with van der Waals surface area (Å²) < 4.78 is 0. The Kier molecular flexibility index (Phi) is 11.8. The molecule has 1 saturated carbocycles. The fourth-order valence-electron chi connectivity index (χ4n) is 5.51. The summed E-state index contributed by atoms with van der Waals surface area (Å²) in [6.45, 7) is 12.5. The van der Waals surface area contributed by atoms with Gasteiger partial charge in [-0.2, -0.15) is 5.10 Å². The molecular weight excluding hydrogens is 522 g/mol. The third-order valence-corrected chi connectivity index (χ3v) is 7.87. The van der Waals surface area contributed by atoms with E-state index < -0.39 is 0 Å². The molecule has 42 heavy (non-hydrogen) atoms. The highest BCUT2D eigenvalue weighted by Crippen LogP contribution is 2.35. The summed E-state index contributed by atoms with van der Waals surface area (Å²) in [5, 5.41) is 14.0. The first-order chi connectivity index (χ1) is 20.5. The largest absolute Gasteiger partial charge is 0.385 e. The molecule has 1 aliphatic carbocycles. The molecule has 0 aromatic carbocycles. The van der Waals surface area contributed by atoms with Gasteiger partial charge in [-0.3, -0.25) is 9.99 Å². The van der Waals surface area contributed by atoms with E-state index in [1.54, 1.807) is 12.3 Å². The summed E-state index contributed by atoms with van der Waals surface area (Å²) in [6.07, 6.45) is 26.2. The molecule has 224 valence electrons. The number of nitrogens with zero attached hydrogens (tertiary/aromatic N) is 6. The smallest absolute Gasteiger partial charge is 0.159 e. The summed E-state index contributed by atoms with van der Waals surface area (Å²) in [7, 11) is 2.15. The van der Waals surface area contributed by atoms with Crippen molar-refractivity contribution in [1.82, 2.24) is 35.5 Å². The summed E-state index contributed by atoms with van der Waals surface area (Å²) in [4.78, 5) is 16.4. The number of nitrogens with one attached hydrogen (secondary N) is 2. The summed E-state index contributed by atoms with van der Waals surface area (Å²) in [5.41, 5.74) is 10.4. The Morgan fingerprint density at radius 3 is 2.64 bits per heavy atom. The average Bonchev–Trinajstić information content (AvgIpc) is 3.19. The number of hydrogen-bond acceptors (Lipinski definition) is 9. The molecular formula is C33H47N9. The van der Waals surface area contributed by atoms with E-state index in [0.717, 1.165) is 41.7 Å². The first-order valence-corrected chi connectivity index (χ1v) is 15.2. The molecule has 1 unspecified atom stereocenters. The van der Waals surface area contributed by atoms with Gasteiger partial charge in [0.2, 0.25) is 0 Å². The van der Waals surface area contributed by atoms with Crippen molar-refractivity contribution in [2.45, 2.75) is 64.3 Å². The minimum atomic E-state index is 0.0797. The molecule has 5 rings (SSSR count). The molecule has 1 saturated heterocycles. The predicted octanol–water partition coefficient (Wildman–Crippen LogP) is 5.05. The molecule has 2 aromatic rings. The molecule has 0 radical (unpaired) electrons. The quantitative estimate of drug-likeness (QED) is 0.314. The van der Waals surface area contributed by atoms with E-state index in [1.807, 2.05) is 48.9 Å². The monoisotopic (exact) mass is 569 g/mol. The highest BCUT2D eigenvalue weighted by Gasteiger charge is 2.19. The number of piperazine rings is 1. The number of nitrogens with two attached hydrogens (primary N) is 1. The molecule has 2 fully saturated rings. The van der Waals surface area contributed by atoms with E-state index in [0.29, 0.717) is 17.6 Å². The molecule has 9 heteroatoms. The Bertz CT molecular complexity index is 1330. The van der Waals surface area contributed by atoms with Crippen LogP contribution in [0.1, 0.15) is 69.7 Å². The zero-order valence-corrected chi connectivity index (χ0v) is 25.5. The van der Waals surface area contributed by atoms with Gasteiger partial charge in [-0.05, 0) is 63.4 Å². The number of hydrazone groups is 1. The highest BCUT2D eigenvalue weighted by atomic mass is 15.5. The summed E-state index contributed by atoms with van der Waals surface area (Å²) >= 11 is 0. The third kappa shape index (κ3) is 8.84. The van der Waals surface area contributed by atoms with Gasteiger partial charge in [0.25, 0.3) is 0 Å². The van der Waals surface area contributed by atoms with Crippen LogP contribution in [0.4, 0.5) is 0 Å². The zero-order valence-electron chi connectivity index (χ0n) is 25.5. The van der Waals surface area contributed by atoms with Crippen LogP contribution in [0.3, 0.4) is 0 Å². The van der Waals surface area contributed by atoms with Gasteiger partial charge >= 0.3 is 0 Å². The Labute approximate surface area is 251 Å².